The van der Waals surface area contributed by atoms with Gasteiger partial charge in [-0.2, -0.15) is 0 Å². The number of aliphatic carboxylic acids is 1. The van der Waals surface area contributed by atoms with Gasteiger partial charge in [0.05, 0.1) is 10.5 Å². The van der Waals surface area contributed by atoms with Crippen LogP contribution in [0.1, 0.15) is 31.1 Å². The van der Waals surface area contributed by atoms with Crippen LogP contribution < -0.4 is 5.32 Å². The first-order valence-electron chi connectivity index (χ1n) is 6.02. The molecule has 0 spiro atoms. The molecule has 0 aliphatic heterocycles. The topological polar surface area (TPSA) is 110 Å². The number of nitro groups is 1. The summed E-state index contributed by atoms with van der Waals surface area (Å²) in [6, 6.07) is 3.05. The Labute approximate surface area is 115 Å². The quantitative estimate of drug-likeness (QED) is 0.470. The van der Waals surface area contributed by atoms with Gasteiger partial charge in [-0.3, -0.25) is 14.9 Å². The highest BCUT2D eigenvalue weighted by Gasteiger charge is 2.23. The Hall–Kier alpha value is -2.44. The lowest BCUT2D eigenvalue weighted by Crippen LogP contribution is -2.34. The number of nitrogens with one attached hydrogen (secondary N) is 1. The predicted octanol–water partition coefficient (Wildman–Crippen LogP) is 2.32. The van der Waals surface area contributed by atoms with Crippen molar-refractivity contribution in [3.8, 4) is 0 Å². The number of ketones is 1. The van der Waals surface area contributed by atoms with Gasteiger partial charge >= 0.3 is 5.97 Å². The molecule has 2 N–H and O–H groups in total. The molecule has 1 aromatic carbocycles. The molecule has 0 heterocycles. The number of carboxylic acids is 1. The molecule has 0 fully saturated rings. The van der Waals surface area contributed by atoms with Crippen molar-refractivity contribution in [1.82, 2.24) is 0 Å². The molecule has 108 valence electrons. The van der Waals surface area contributed by atoms with Gasteiger partial charge in [0.25, 0.3) is 5.69 Å². The molecule has 0 unspecified atom stereocenters. The number of rotatable bonds is 6. The van der Waals surface area contributed by atoms with Crippen molar-refractivity contribution in [2.45, 2.75) is 26.8 Å². The van der Waals surface area contributed by atoms with Crippen molar-refractivity contribution in [3.63, 3.8) is 0 Å². The molecule has 0 saturated heterocycles. The van der Waals surface area contributed by atoms with Gasteiger partial charge in [-0.15, -0.1) is 0 Å². The van der Waals surface area contributed by atoms with Crippen molar-refractivity contribution >= 4 is 23.1 Å². The molecule has 20 heavy (non-hydrogen) atoms. The summed E-state index contributed by atoms with van der Waals surface area (Å²) in [5, 5.41) is 22.7. The molecule has 1 atom stereocenters. The SMILES string of the molecule is CC(=O)c1cc(N[C@H](C(=O)O)C(C)C)ccc1[N+](=O)[O-]. The van der Waals surface area contributed by atoms with Crippen LogP contribution in [-0.2, 0) is 4.79 Å². The maximum atomic E-state index is 11.4. The van der Waals surface area contributed by atoms with E-state index in [9.17, 15) is 19.7 Å². The zero-order chi connectivity index (χ0) is 15.4. The van der Waals surface area contributed by atoms with Gasteiger partial charge in [0, 0.05) is 11.8 Å². The van der Waals surface area contributed by atoms with Gasteiger partial charge in [0.2, 0.25) is 0 Å². The zero-order valence-corrected chi connectivity index (χ0v) is 11.4. The molecule has 0 aromatic heterocycles. The fourth-order valence-electron chi connectivity index (χ4n) is 1.76. The molecule has 7 nitrogen and oxygen atoms in total. The van der Waals surface area contributed by atoms with E-state index in [0.29, 0.717) is 5.69 Å². The Morgan fingerprint density at radius 1 is 1.35 bits per heavy atom. The third kappa shape index (κ3) is 3.53. The average molecular weight is 280 g/mol. The lowest BCUT2D eigenvalue weighted by molar-refractivity contribution is -0.385. The van der Waals surface area contributed by atoms with Crippen molar-refractivity contribution in [2.24, 2.45) is 5.92 Å². The van der Waals surface area contributed by atoms with Gasteiger partial charge in [-0.25, -0.2) is 4.79 Å². The first kappa shape index (κ1) is 15.6. The third-order valence-electron chi connectivity index (χ3n) is 2.83. The van der Waals surface area contributed by atoms with E-state index < -0.39 is 22.7 Å². The number of carbonyl (C=O) groups excluding carboxylic acids is 1. The van der Waals surface area contributed by atoms with E-state index in [1.165, 1.54) is 25.1 Å². The van der Waals surface area contributed by atoms with Crippen LogP contribution in [0.15, 0.2) is 18.2 Å². The summed E-state index contributed by atoms with van der Waals surface area (Å²) in [4.78, 5) is 32.7. The zero-order valence-electron chi connectivity index (χ0n) is 11.4. The van der Waals surface area contributed by atoms with Gasteiger partial charge in [0.1, 0.15) is 6.04 Å². The molecule has 1 aromatic rings. The summed E-state index contributed by atoms with van der Waals surface area (Å²) in [7, 11) is 0. The number of carboxylic acid groups (broad SMARTS) is 1. The highest BCUT2D eigenvalue weighted by molar-refractivity contribution is 5.99. The second kappa shape index (κ2) is 6.14. The van der Waals surface area contributed by atoms with Crippen LogP contribution in [0.3, 0.4) is 0 Å². The monoisotopic (exact) mass is 280 g/mol. The minimum Gasteiger partial charge on any atom is -0.480 e. The summed E-state index contributed by atoms with van der Waals surface area (Å²) < 4.78 is 0. The number of benzene rings is 1. The summed E-state index contributed by atoms with van der Waals surface area (Å²) in [5.41, 5.74) is 0.0225. The first-order chi connectivity index (χ1) is 9.23. The smallest absolute Gasteiger partial charge is 0.326 e. The minimum absolute atomic E-state index is 0.0482. The van der Waals surface area contributed by atoms with Crippen molar-refractivity contribution in [1.29, 1.82) is 0 Å². The molecule has 0 amide bonds. The average Bonchev–Trinajstić information content (AvgIpc) is 2.34. The summed E-state index contributed by atoms with van der Waals surface area (Å²) in [6.45, 7) is 4.70. The molecule has 0 bridgehead atoms. The predicted molar refractivity (Wildman–Crippen MR) is 73.0 cm³/mol. The van der Waals surface area contributed by atoms with Crippen LogP contribution >= 0.6 is 0 Å². The Morgan fingerprint density at radius 3 is 2.35 bits per heavy atom. The van der Waals surface area contributed by atoms with E-state index in [-0.39, 0.29) is 17.2 Å². The van der Waals surface area contributed by atoms with Crippen molar-refractivity contribution < 1.29 is 19.6 Å². The number of hydrogen-bond acceptors (Lipinski definition) is 5. The second-order valence-electron chi connectivity index (χ2n) is 4.75. The van der Waals surface area contributed by atoms with E-state index in [4.69, 9.17) is 5.11 Å². The largest absolute Gasteiger partial charge is 0.480 e. The Morgan fingerprint density at radius 2 is 1.95 bits per heavy atom. The second-order valence-corrected chi connectivity index (χ2v) is 4.75. The molecule has 0 aliphatic carbocycles. The normalized spacial score (nSPS) is 12.0. The number of carbonyl (C=O) groups is 2. The van der Waals surface area contributed by atoms with Crippen LogP contribution in [0.5, 0.6) is 0 Å². The molecule has 0 aliphatic rings. The van der Waals surface area contributed by atoms with Crippen LogP contribution in [0.4, 0.5) is 11.4 Å². The highest BCUT2D eigenvalue weighted by atomic mass is 16.6. The van der Waals surface area contributed by atoms with E-state index in [1.807, 2.05) is 0 Å². The Kier molecular flexibility index (Phi) is 4.79. The van der Waals surface area contributed by atoms with Gasteiger partial charge in [-0.1, -0.05) is 13.8 Å². The number of hydrogen-bond donors (Lipinski definition) is 2. The summed E-state index contributed by atoms with van der Waals surface area (Å²) in [6.07, 6.45) is 0. The van der Waals surface area contributed by atoms with E-state index in [2.05, 4.69) is 5.32 Å². The molecule has 1 rings (SSSR count). The van der Waals surface area contributed by atoms with Crippen LogP contribution in [0, 0.1) is 16.0 Å². The molecule has 7 heteroatoms. The maximum absolute atomic E-state index is 11.4. The molecular formula is C13H16N2O5. The van der Waals surface area contributed by atoms with Crippen LogP contribution in [0.2, 0.25) is 0 Å². The fourth-order valence-corrected chi connectivity index (χ4v) is 1.76. The van der Waals surface area contributed by atoms with Crippen LogP contribution in [0.25, 0.3) is 0 Å². The minimum atomic E-state index is -1.03. The molecule has 0 saturated carbocycles. The maximum Gasteiger partial charge on any atom is 0.326 e. The van der Waals surface area contributed by atoms with Gasteiger partial charge < -0.3 is 10.4 Å². The highest BCUT2D eigenvalue weighted by Crippen LogP contribution is 2.24. The van der Waals surface area contributed by atoms with Gasteiger partial charge in [-0.05, 0) is 25.0 Å². The lowest BCUT2D eigenvalue weighted by Gasteiger charge is -2.19. The van der Waals surface area contributed by atoms with E-state index in [1.54, 1.807) is 13.8 Å². The number of Topliss-reactive ketones (excluding diaryl/α,β-unsaturated/α-hetero) is 1. The molecule has 0 radical (unpaired) electrons. The Bertz CT molecular complexity index is 554. The summed E-state index contributed by atoms with van der Waals surface area (Å²) in [5.74, 6) is -1.65. The standard InChI is InChI=1S/C13H16N2O5/c1-7(2)12(13(17)18)14-9-4-5-11(15(19)20)10(6-9)8(3)16/h4-7,12,14H,1-3H3,(H,17,18)/t12-/m0/s1. The lowest BCUT2D eigenvalue weighted by atomic mass is 10.0. The number of anilines is 1. The van der Waals surface area contributed by atoms with E-state index >= 15 is 0 Å². The third-order valence-corrected chi connectivity index (χ3v) is 2.83. The number of nitro benzene ring substituents is 1. The fraction of sp³-hybridized carbons (Fsp3) is 0.385. The molecular weight excluding hydrogens is 264 g/mol. The van der Waals surface area contributed by atoms with Crippen molar-refractivity contribution in [2.75, 3.05) is 5.32 Å². The first-order valence-corrected chi connectivity index (χ1v) is 6.02. The Balaban J connectivity index is 3.15. The van der Waals surface area contributed by atoms with Crippen molar-refractivity contribution in [3.05, 3.63) is 33.9 Å². The van der Waals surface area contributed by atoms with Crippen LogP contribution in [-0.4, -0.2) is 27.8 Å². The van der Waals surface area contributed by atoms with Gasteiger partial charge in [0.15, 0.2) is 5.78 Å². The number of nitrogens with zero attached hydrogens (tertiary/aromatic N) is 1. The summed E-state index contributed by atoms with van der Waals surface area (Å²) >= 11 is 0. The van der Waals surface area contributed by atoms with E-state index in [0.717, 1.165) is 0 Å².